The molecule has 2 fully saturated rings. The highest BCUT2D eigenvalue weighted by Crippen LogP contribution is 2.23. The molecule has 0 atom stereocenters. The van der Waals surface area contributed by atoms with Crippen LogP contribution in [0.2, 0.25) is 0 Å². The molecule has 0 saturated carbocycles. The van der Waals surface area contributed by atoms with E-state index in [-0.39, 0.29) is 4.90 Å². The maximum absolute atomic E-state index is 12.1. The van der Waals surface area contributed by atoms with Gasteiger partial charge in [-0.2, -0.15) is 13.6 Å². The van der Waals surface area contributed by atoms with Crippen LogP contribution in [0.1, 0.15) is 25.7 Å². The van der Waals surface area contributed by atoms with Crippen LogP contribution in [0.15, 0.2) is 63.3 Å². The number of nitrogens with two attached hydrogens (primary N) is 1. The first-order valence-electron chi connectivity index (χ1n) is 10.3. The van der Waals surface area contributed by atoms with E-state index in [0.717, 1.165) is 25.7 Å². The number of hydrogen-bond acceptors (Lipinski definition) is 7. The molecule has 4 rings (SSSR count). The number of carbonyl (C=O) groups excluding carboxylic acids is 1. The van der Waals surface area contributed by atoms with Gasteiger partial charge in [0, 0.05) is 31.9 Å². The van der Waals surface area contributed by atoms with Gasteiger partial charge in [0.25, 0.3) is 0 Å². The van der Waals surface area contributed by atoms with Crippen molar-refractivity contribution in [3.8, 4) is 0 Å². The Morgan fingerprint density at radius 2 is 1.06 bits per heavy atom. The summed E-state index contributed by atoms with van der Waals surface area (Å²) in [7, 11) is -6.65. The Labute approximate surface area is 188 Å². The lowest BCUT2D eigenvalue weighted by Crippen LogP contribution is -2.27. The molecule has 2 aliphatic heterocycles. The van der Waals surface area contributed by atoms with Gasteiger partial charge in [0.15, 0.2) is 0 Å². The lowest BCUT2D eigenvalue weighted by atomic mass is 10.3. The van der Waals surface area contributed by atoms with E-state index in [1.54, 1.807) is 24.3 Å². The van der Waals surface area contributed by atoms with Crippen LogP contribution in [-0.2, 0) is 24.8 Å². The third-order valence-corrected chi connectivity index (χ3v) is 9.12. The molecule has 2 N–H and O–H groups in total. The van der Waals surface area contributed by atoms with E-state index in [9.17, 15) is 21.6 Å². The zero-order valence-corrected chi connectivity index (χ0v) is 19.2. The summed E-state index contributed by atoms with van der Waals surface area (Å²) in [5.41, 5.74) is 6.50. The van der Waals surface area contributed by atoms with Crippen molar-refractivity contribution in [3.05, 3.63) is 48.5 Å². The smallest absolute Gasteiger partial charge is 0.243 e. The second kappa shape index (κ2) is 10.4. The SMILES string of the molecule is Nc1ccc(S(=O)(=O)N2CCCC2)cc1.O=C=Nc1ccc(S(=O)(=O)N2CCCC2)cc1. The topological polar surface area (TPSA) is 130 Å². The highest BCUT2D eigenvalue weighted by Gasteiger charge is 2.27. The van der Waals surface area contributed by atoms with Crippen LogP contribution >= 0.6 is 0 Å². The average Bonchev–Trinajstić information content (AvgIpc) is 3.50. The normalized spacial score (nSPS) is 17.4. The Hall–Kier alpha value is -2.56. The molecule has 0 amide bonds. The molecule has 2 aliphatic rings. The first-order valence-corrected chi connectivity index (χ1v) is 13.2. The van der Waals surface area contributed by atoms with Crippen LogP contribution in [0, 0.1) is 0 Å². The Morgan fingerprint density at radius 1 is 0.688 bits per heavy atom. The third-order valence-electron chi connectivity index (χ3n) is 5.30. The number of benzene rings is 2. The first kappa shape index (κ1) is 24.1. The molecule has 0 spiro atoms. The number of aliphatic imine (C=N–C) groups is 1. The lowest BCUT2D eigenvalue weighted by Gasteiger charge is -2.15. The van der Waals surface area contributed by atoms with E-state index in [1.165, 1.54) is 39.0 Å². The van der Waals surface area contributed by atoms with Crippen molar-refractivity contribution in [2.45, 2.75) is 35.5 Å². The summed E-state index contributed by atoms with van der Waals surface area (Å²) in [6.07, 6.45) is 5.14. The molecular weight excluding hydrogens is 452 g/mol. The van der Waals surface area contributed by atoms with Crippen LogP contribution < -0.4 is 5.73 Å². The van der Waals surface area contributed by atoms with Crippen molar-refractivity contribution in [2.24, 2.45) is 4.99 Å². The lowest BCUT2D eigenvalue weighted by molar-refractivity contribution is 0.476. The van der Waals surface area contributed by atoms with Gasteiger partial charge < -0.3 is 5.73 Å². The van der Waals surface area contributed by atoms with Crippen molar-refractivity contribution < 1.29 is 21.6 Å². The zero-order chi connectivity index (χ0) is 23.2. The molecule has 2 heterocycles. The number of nitrogen functional groups attached to an aromatic ring is 1. The fraction of sp³-hybridized carbons (Fsp3) is 0.381. The van der Waals surface area contributed by atoms with Gasteiger partial charge in [0.2, 0.25) is 26.1 Å². The van der Waals surface area contributed by atoms with Gasteiger partial charge in [-0.3, -0.25) is 0 Å². The van der Waals surface area contributed by atoms with E-state index < -0.39 is 20.0 Å². The van der Waals surface area contributed by atoms with Gasteiger partial charge in [-0.25, -0.2) is 21.6 Å². The minimum Gasteiger partial charge on any atom is -0.399 e. The predicted molar refractivity (Wildman–Crippen MR) is 121 cm³/mol. The summed E-state index contributed by atoms with van der Waals surface area (Å²) < 4.78 is 51.3. The molecule has 2 aromatic rings. The van der Waals surface area contributed by atoms with Crippen molar-refractivity contribution >= 4 is 37.5 Å². The van der Waals surface area contributed by atoms with Crippen LogP contribution in [0.5, 0.6) is 0 Å². The molecule has 11 heteroatoms. The number of sulfonamides is 2. The molecule has 2 saturated heterocycles. The molecule has 0 aliphatic carbocycles. The standard InChI is InChI=1S/C11H12N2O3S.C10H14N2O2S/c14-9-12-10-3-5-11(6-4-10)17(15,16)13-7-1-2-8-13;11-9-3-5-10(6-4-9)15(13,14)12-7-1-2-8-12/h3-6H,1-2,7-8H2;3-6H,1-2,7-8,11H2. The minimum atomic E-state index is -3.38. The van der Waals surface area contributed by atoms with Gasteiger partial charge >= 0.3 is 0 Å². The number of hydrogen-bond donors (Lipinski definition) is 1. The largest absolute Gasteiger partial charge is 0.399 e. The maximum Gasteiger partial charge on any atom is 0.243 e. The Bertz CT molecular complexity index is 1160. The van der Waals surface area contributed by atoms with Gasteiger partial charge in [0.1, 0.15) is 0 Å². The number of nitrogens with zero attached hydrogens (tertiary/aromatic N) is 3. The maximum atomic E-state index is 12.1. The van der Waals surface area contributed by atoms with Crippen LogP contribution in [0.3, 0.4) is 0 Å². The van der Waals surface area contributed by atoms with Crippen LogP contribution in [-0.4, -0.2) is 57.7 Å². The fourth-order valence-electron chi connectivity index (χ4n) is 3.54. The number of rotatable bonds is 5. The van der Waals surface area contributed by atoms with Crippen molar-refractivity contribution in [2.75, 3.05) is 31.9 Å². The number of anilines is 1. The van der Waals surface area contributed by atoms with Crippen molar-refractivity contribution in [1.29, 1.82) is 0 Å². The van der Waals surface area contributed by atoms with E-state index in [1.807, 2.05) is 0 Å². The molecular formula is C21H26N4O5S2. The second-order valence-corrected chi connectivity index (χ2v) is 11.4. The van der Waals surface area contributed by atoms with Crippen LogP contribution in [0.25, 0.3) is 0 Å². The molecule has 0 bridgehead atoms. The zero-order valence-electron chi connectivity index (χ0n) is 17.6. The van der Waals surface area contributed by atoms with E-state index in [4.69, 9.17) is 5.73 Å². The number of isocyanates is 1. The molecule has 172 valence electrons. The van der Waals surface area contributed by atoms with Crippen LogP contribution in [0.4, 0.5) is 11.4 Å². The second-order valence-electron chi connectivity index (χ2n) is 7.49. The summed E-state index contributed by atoms with van der Waals surface area (Å²) >= 11 is 0. The first-order chi connectivity index (χ1) is 15.2. The quantitative estimate of drug-likeness (QED) is 0.399. The Balaban J connectivity index is 0.000000182. The van der Waals surface area contributed by atoms with Gasteiger partial charge in [-0.05, 0) is 74.2 Å². The van der Waals surface area contributed by atoms with Crippen molar-refractivity contribution in [1.82, 2.24) is 8.61 Å². The highest BCUT2D eigenvalue weighted by atomic mass is 32.2. The summed E-state index contributed by atoms with van der Waals surface area (Å²) in [5.74, 6) is 0. The van der Waals surface area contributed by atoms with Gasteiger partial charge in [0.05, 0.1) is 15.5 Å². The summed E-state index contributed by atoms with van der Waals surface area (Å²) in [4.78, 5) is 14.0. The minimum absolute atomic E-state index is 0.240. The van der Waals surface area contributed by atoms with E-state index in [2.05, 4.69) is 4.99 Å². The van der Waals surface area contributed by atoms with Gasteiger partial charge in [-0.15, -0.1) is 0 Å². The Kier molecular flexibility index (Phi) is 7.81. The molecule has 0 radical (unpaired) electrons. The highest BCUT2D eigenvalue weighted by molar-refractivity contribution is 7.89. The molecule has 0 unspecified atom stereocenters. The summed E-state index contributed by atoms with van der Waals surface area (Å²) in [5, 5.41) is 0. The summed E-state index contributed by atoms with van der Waals surface area (Å²) in [6, 6.07) is 12.3. The van der Waals surface area contributed by atoms with E-state index >= 15 is 0 Å². The average molecular weight is 479 g/mol. The van der Waals surface area contributed by atoms with Gasteiger partial charge in [-0.1, -0.05) is 0 Å². The predicted octanol–water partition coefficient (Wildman–Crippen LogP) is 2.49. The Morgan fingerprint density at radius 3 is 1.44 bits per heavy atom. The fourth-order valence-corrected chi connectivity index (χ4v) is 6.57. The van der Waals surface area contributed by atoms with Crippen molar-refractivity contribution in [3.63, 3.8) is 0 Å². The molecule has 0 aromatic heterocycles. The molecule has 2 aromatic carbocycles. The molecule has 32 heavy (non-hydrogen) atoms. The monoisotopic (exact) mass is 478 g/mol. The summed E-state index contributed by atoms with van der Waals surface area (Å²) in [6.45, 7) is 2.42. The third kappa shape index (κ3) is 5.62. The molecule has 9 nitrogen and oxygen atoms in total. The van der Waals surface area contributed by atoms with E-state index in [0.29, 0.717) is 42.4 Å².